The zero-order chi connectivity index (χ0) is 11.6. The van der Waals surface area contributed by atoms with Crippen molar-refractivity contribution < 1.29 is 4.74 Å². The van der Waals surface area contributed by atoms with E-state index in [0.717, 1.165) is 6.42 Å². The van der Waals surface area contributed by atoms with Crippen LogP contribution in [0.2, 0.25) is 0 Å². The van der Waals surface area contributed by atoms with E-state index < -0.39 is 0 Å². The third kappa shape index (κ3) is 3.07. The lowest BCUT2D eigenvalue weighted by atomic mass is 9.77. The first-order valence-electron chi connectivity index (χ1n) is 6.20. The molecule has 88 valence electrons. The van der Waals surface area contributed by atoms with E-state index in [1.807, 2.05) is 0 Å². The minimum atomic E-state index is 0.178. The van der Waals surface area contributed by atoms with Crippen LogP contribution in [-0.4, -0.2) is 12.2 Å². The highest BCUT2D eigenvalue weighted by molar-refractivity contribution is 5.13. The Balaban J connectivity index is 2.73. The van der Waals surface area contributed by atoms with E-state index in [1.165, 1.54) is 18.4 Å². The van der Waals surface area contributed by atoms with Gasteiger partial charge in [0.1, 0.15) is 0 Å². The molecule has 1 fully saturated rings. The van der Waals surface area contributed by atoms with Gasteiger partial charge in [0.05, 0.1) is 12.2 Å². The third-order valence-electron chi connectivity index (χ3n) is 3.31. The van der Waals surface area contributed by atoms with Crippen LogP contribution in [0.25, 0.3) is 0 Å². The SMILES string of the molecule is C=C1[C@H](C)C[C@H](CCC)O[C@@H]1C(C)(C)C. The number of hydrogen-bond acceptors (Lipinski definition) is 1. The quantitative estimate of drug-likeness (QED) is 0.621. The molecule has 0 aromatic rings. The van der Waals surface area contributed by atoms with E-state index in [9.17, 15) is 0 Å². The molecule has 1 rings (SSSR count). The van der Waals surface area contributed by atoms with E-state index >= 15 is 0 Å². The maximum atomic E-state index is 6.17. The number of hydrogen-bond donors (Lipinski definition) is 0. The van der Waals surface area contributed by atoms with Gasteiger partial charge in [-0.25, -0.2) is 0 Å². The molecule has 1 saturated heterocycles. The largest absolute Gasteiger partial charge is 0.370 e. The minimum absolute atomic E-state index is 0.178. The summed E-state index contributed by atoms with van der Waals surface area (Å²) in [5.41, 5.74) is 1.47. The summed E-state index contributed by atoms with van der Waals surface area (Å²) < 4.78 is 6.17. The molecule has 0 aromatic carbocycles. The van der Waals surface area contributed by atoms with Crippen molar-refractivity contribution in [2.75, 3.05) is 0 Å². The molecule has 0 aromatic heterocycles. The molecule has 0 spiro atoms. The van der Waals surface area contributed by atoms with Gasteiger partial charge in [0.2, 0.25) is 0 Å². The van der Waals surface area contributed by atoms with Crippen molar-refractivity contribution in [1.82, 2.24) is 0 Å². The third-order valence-corrected chi connectivity index (χ3v) is 3.31. The molecule has 1 nitrogen and oxygen atoms in total. The molecule has 3 atom stereocenters. The molecule has 0 radical (unpaired) electrons. The Morgan fingerprint density at radius 2 is 2.00 bits per heavy atom. The number of ether oxygens (including phenoxy) is 1. The fourth-order valence-corrected chi connectivity index (χ4v) is 2.41. The molecule has 0 aliphatic carbocycles. The molecule has 0 bridgehead atoms. The molecule has 1 heterocycles. The Labute approximate surface area is 94.9 Å². The molecule has 1 aliphatic rings. The number of rotatable bonds is 2. The molecule has 1 heteroatoms. The van der Waals surface area contributed by atoms with E-state index in [1.54, 1.807) is 0 Å². The Hall–Kier alpha value is -0.300. The molecule has 0 N–H and O–H groups in total. The van der Waals surface area contributed by atoms with Crippen molar-refractivity contribution >= 4 is 0 Å². The summed E-state index contributed by atoms with van der Waals surface area (Å²) in [5, 5.41) is 0. The Kier molecular flexibility index (Phi) is 3.99. The van der Waals surface area contributed by atoms with Crippen LogP contribution in [0, 0.1) is 11.3 Å². The average molecular weight is 210 g/mol. The van der Waals surface area contributed by atoms with Gasteiger partial charge in [-0.2, -0.15) is 0 Å². The lowest BCUT2D eigenvalue weighted by molar-refractivity contribution is -0.0816. The van der Waals surface area contributed by atoms with Crippen molar-refractivity contribution in [1.29, 1.82) is 0 Å². The van der Waals surface area contributed by atoms with Crippen LogP contribution in [-0.2, 0) is 4.74 Å². The Morgan fingerprint density at radius 1 is 1.40 bits per heavy atom. The second-order valence-electron chi connectivity index (χ2n) is 6.00. The van der Waals surface area contributed by atoms with Gasteiger partial charge in [-0.15, -0.1) is 0 Å². The van der Waals surface area contributed by atoms with Crippen molar-refractivity contribution in [3.8, 4) is 0 Å². The first kappa shape index (κ1) is 12.8. The smallest absolute Gasteiger partial charge is 0.0836 e. The lowest BCUT2D eigenvalue weighted by Gasteiger charge is -2.42. The molecular weight excluding hydrogens is 184 g/mol. The minimum Gasteiger partial charge on any atom is -0.370 e. The van der Waals surface area contributed by atoms with Crippen LogP contribution in [0.3, 0.4) is 0 Å². The zero-order valence-corrected chi connectivity index (χ0v) is 11.0. The van der Waals surface area contributed by atoms with Crippen molar-refractivity contribution in [2.24, 2.45) is 11.3 Å². The first-order chi connectivity index (χ1) is 6.86. The normalized spacial score (nSPS) is 33.1. The molecule has 1 aliphatic heterocycles. The van der Waals surface area contributed by atoms with Crippen LogP contribution >= 0.6 is 0 Å². The van der Waals surface area contributed by atoms with Crippen molar-refractivity contribution in [3.05, 3.63) is 12.2 Å². The molecule has 0 unspecified atom stereocenters. The van der Waals surface area contributed by atoms with Gasteiger partial charge in [0, 0.05) is 0 Å². The topological polar surface area (TPSA) is 9.23 Å². The second-order valence-corrected chi connectivity index (χ2v) is 6.00. The summed E-state index contributed by atoms with van der Waals surface area (Å²) in [6.45, 7) is 15.4. The summed E-state index contributed by atoms with van der Waals surface area (Å²) in [7, 11) is 0. The first-order valence-corrected chi connectivity index (χ1v) is 6.20. The van der Waals surface area contributed by atoms with Gasteiger partial charge in [0.25, 0.3) is 0 Å². The predicted molar refractivity (Wildman–Crippen MR) is 65.9 cm³/mol. The van der Waals surface area contributed by atoms with E-state index in [-0.39, 0.29) is 11.5 Å². The lowest BCUT2D eigenvalue weighted by Crippen LogP contribution is -2.41. The molecule has 0 saturated carbocycles. The molecular formula is C14H26O. The van der Waals surface area contributed by atoms with Gasteiger partial charge in [-0.05, 0) is 29.7 Å². The van der Waals surface area contributed by atoms with E-state index in [2.05, 4.69) is 41.2 Å². The van der Waals surface area contributed by atoms with Crippen LogP contribution in [0.15, 0.2) is 12.2 Å². The predicted octanol–water partition coefficient (Wildman–Crippen LogP) is 4.18. The fourth-order valence-electron chi connectivity index (χ4n) is 2.41. The monoisotopic (exact) mass is 210 g/mol. The van der Waals surface area contributed by atoms with Gasteiger partial charge in [-0.3, -0.25) is 0 Å². The highest BCUT2D eigenvalue weighted by Gasteiger charge is 2.36. The molecule has 15 heavy (non-hydrogen) atoms. The highest BCUT2D eigenvalue weighted by Crippen LogP contribution is 2.38. The van der Waals surface area contributed by atoms with Crippen molar-refractivity contribution in [3.63, 3.8) is 0 Å². The summed E-state index contributed by atoms with van der Waals surface area (Å²) in [6.07, 6.45) is 4.22. The van der Waals surface area contributed by atoms with Crippen LogP contribution in [0.5, 0.6) is 0 Å². The van der Waals surface area contributed by atoms with E-state index in [0.29, 0.717) is 12.0 Å². The molecule has 0 amide bonds. The van der Waals surface area contributed by atoms with Crippen LogP contribution in [0.1, 0.15) is 53.9 Å². The summed E-state index contributed by atoms with van der Waals surface area (Å²) in [4.78, 5) is 0. The Bertz CT molecular complexity index is 224. The maximum absolute atomic E-state index is 6.17. The summed E-state index contributed by atoms with van der Waals surface area (Å²) in [5.74, 6) is 0.611. The average Bonchev–Trinajstić information content (AvgIpc) is 2.09. The fraction of sp³-hybridized carbons (Fsp3) is 0.857. The second kappa shape index (κ2) is 4.69. The van der Waals surface area contributed by atoms with Crippen LogP contribution in [0.4, 0.5) is 0 Å². The van der Waals surface area contributed by atoms with Gasteiger partial charge in [0.15, 0.2) is 0 Å². The van der Waals surface area contributed by atoms with Gasteiger partial charge >= 0.3 is 0 Å². The zero-order valence-electron chi connectivity index (χ0n) is 11.0. The van der Waals surface area contributed by atoms with Gasteiger partial charge < -0.3 is 4.74 Å². The summed E-state index contributed by atoms with van der Waals surface area (Å²) >= 11 is 0. The van der Waals surface area contributed by atoms with E-state index in [4.69, 9.17) is 4.74 Å². The Morgan fingerprint density at radius 3 is 2.47 bits per heavy atom. The summed E-state index contributed by atoms with van der Waals surface area (Å²) in [6, 6.07) is 0. The standard InChI is InChI=1S/C14H26O/c1-7-8-12-9-10(2)11(3)13(15-12)14(4,5)6/h10,12-13H,3,7-9H2,1-2,4-6H3/t10-,12+,13+/m1/s1. The maximum Gasteiger partial charge on any atom is 0.0836 e. The van der Waals surface area contributed by atoms with Crippen molar-refractivity contribution in [2.45, 2.75) is 66.1 Å². The van der Waals surface area contributed by atoms with Crippen LogP contribution < -0.4 is 0 Å². The van der Waals surface area contributed by atoms with Gasteiger partial charge in [-0.1, -0.05) is 47.6 Å². The highest BCUT2D eigenvalue weighted by atomic mass is 16.5.